The van der Waals surface area contributed by atoms with Crippen LogP contribution in [0, 0.1) is 10.1 Å². The number of nitrogens with zero attached hydrogens (tertiary/aromatic N) is 1. The lowest BCUT2D eigenvalue weighted by Gasteiger charge is -2.09. The first-order valence-corrected chi connectivity index (χ1v) is 13.5. The average molecular weight is 534 g/mol. The molecule has 0 atom stereocenters. The van der Waals surface area contributed by atoms with Gasteiger partial charge in [-0.3, -0.25) is 10.1 Å². The Morgan fingerprint density at radius 2 is 1.23 bits per heavy atom. The number of rotatable bonds is 15. The van der Waals surface area contributed by atoms with Gasteiger partial charge in [-0.2, -0.15) is 0 Å². The maximum Gasteiger partial charge on any atom is 0.343 e. The average Bonchev–Trinajstić information content (AvgIpc) is 2.94. The fourth-order valence-corrected chi connectivity index (χ4v) is 4.01. The van der Waals surface area contributed by atoms with Crippen molar-refractivity contribution >= 4 is 17.6 Å². The fourth-order valence-electron chi connectivity index (χ4n) is 4.01. The minimum absolute atomic E-state index is 0.0801. The maximum absolute atomic E-state index is 12.5. The van der Waals surface area contributed by atoms with E-state index < -0.39 is 16.9 Å². The van der Waals surface area contributed by atoms with Gasteiger partial charge in [0.05, 0.1) is 22.7 Å². The minimum Gasteiger partial charge on any atom is -0.494 e. The smallest absolute Gasteiger partial charge is 0.343 e. The van der Waals surface area contributed by atoms with Gasteiger partial charge < -0.3 is 14.2 Å². The van der Waals surface area contributed by atoms with E-state index in [1.165, 1.54) is 62.1 Å². The van der Waals surface area contributed by atoms with Gasteiger partial charge in [0, 0.05) is 11.6 Å². The van der Waals surface area contributed by atoms with E-state index >= 15 is 0 Å². The third-order valence-electron chi connectivity index (χ3n) is 6.14. The molecule has 0 fully saturated rings. The van der Waals surface area contributed by atoms with Crippen LogP contribution >= 0.6 is 0 Å². The Balaban J connectivity index is 1.50. The van der Waals surface area contributed by atoms with Crippen LogP contribution in [0.1, 0.15) is 85.1 Å². The molecule has 0 N–H and O–H groups in total. The molecular weight excluding hydrogens is 498 g/mol. The minimum atomic E-state index is -0.718. The molecule has 0 aliphatic rings. The topological polar surface area (TPSA) is 105 Å². The standard InChI is InChI=1S/C31H35NO7/c1-3-5-6-7-8-9-21-37-26-15-13-24(14-16-26)30(33)38-27-17-19-28(20-18-27)39-31(34)25-12-11-23(10-4-2)29(22-25)32(35)36/h11-20,22H,3-10,21H2,1-2H3. The molecule has 0 heterocycles. The number of carbonyl (C=O) groups is 2. The molecule has 3 aromatic carbocycles. The van der Waals surface area contributed by atoms with Crippen LogP contribution in [0.5, 0.6) is 17.2 Å². The van der Waals surface area contributed by atoms with E-state index in [9.17, 15) is 19.7 Å². The summed E-state index contributed by atoms with van der Waals surface area (Å²) in [6.45, 7) is 4.77. The first-order valence-electron chi connectivity index (χ1n) is 13.5. The van der Waals surface area contributed by atoms with Crippen molar-refractivity contribution in [1.29, 1.82) is 0 Å². The SMILES string of the molecule is CCCCCCCCOc1ccc(C(=O)Oc2ccc(OC(=O)c3ccc(CCC)c([N+](=O)[O-])c3)cc2)cc1. The summed E-state index contributed by atoms with van der Waals surface area (Å²) in [6.07, 6.45) is 8.45. The number of aryl methyl sites for hydroxylation is 1. The zero-order valence-corrected chi connectivity index (χ0v) is 22.5. The highest BCUT2D eigenvalue weighted by atomic mass is 16.6. The molecule has 0 radical (unpaired) electrons. The van der Waals surface area contributed by atoms with Gasteiger partial charge in [-0.1, -0.05) is 58.4 Å². The number of hydrogen-bond donors (Lipinski definition) is 0. The van der Waals surface area contributed by atoms with Crippen molar-refractivity contribution in [2.75, 3.05) is 6.61 Å². The summed E-state index contributed by atoms with van der Waals surface area (Å²) in [5.41, 5.74) is 0.925. The summed E-state index contributed by atoms with van der Waals surface area (Å²) in [6, 6.07) is 17.1. The maximum atomic E-state index is 12.5. The lowest BCUT2D eigenvalue weighted by molar-refractivity contribution is -0.385. The molecule has 0 saturated heterocycles. The molecule has 3 rings (SSSR count). The Labute approximate surface area is 229 Å². The third kappa shape index (κ3) is 9.25. The van der Waals surface area contributed by atoms with E-state index in [0.29, 0.717) is 29.9 Å². The normalized spacial score (nSPS) is 10.6. The summed E-state index contributed by atoms with van der Waals surface area (Å²) in [5.74, 6) is -0.0438. The third-order valence-corrected chi connectivity index (χ3v) is 6.14. The van der Waals surface area contributed by atoms with E-state index in [-0.39, 0.29) is 22.7 Å². The highest BCUT2D eigenvalue weighted by Crippen LogP contribution is 2.24. The molecule has 0 unspecified atom stereocenters. The van der Waals surface area contributed by atoms with Crippen molar-refractivity contribution < 1.29 is 28.7 Å². The molecule has 0 amide bonds. The highest BCUT2D eigenvalue weighted by Gasteiger charge is 2.18. The van der Waals surface area contributed by atoms with Crippen molar-refractivity contribution in [1.82, 2.24) is 0 Å². The summed E-state index contributed by atoms with van der Waals surface area (Å²) in [4.78, 5) is 35.9. The van der Waals surface area contributed by atoms with E-state index in [1.807, 2.05) is 6.92 Å². The molecule has 0 aliphatic heterocycles. The van der Waals surface area contributed by atoms with Gasteiger partial charge in [0.1, 0.15) is 17.2 Å². The van der Waals surface area contributed by atoms with E-state index in [4.69, 9.17) is 14.2 Å². The van der Waals surface area contributed by atoms with E-state index in [2.05, 4.69) is 6.92 Å². The van der Waals surface area contributed by atoms with Crippen LogP contribution in [-0.4, -0.2) is 23.5 Å². The molecule has 8 heteroatoms. The summed E-state index contributed by atoms with van der Waals surface area (Å²) < 4.78 is 16.5. The molecule has 0 bridgehead atoms. The highest BCUT2D eigenvalue weighted by molar-refractivity contribution is 5.92. The largest absolute Gasteiger partial charge is 0.494 e. The number of benzene rings is 3. The Morgan fingerprint density at radius 1 is 0.692 bits per heavy atom. The van der Waals surface area contributed by atoms with Gasteiger partial charge in [0.25, 0.3) is 5.69 Å². The Bertz CT molecular complexity index is 1240. The summed E-state index contributed by atoms with van der Waals surface area (Å²) >= 11 is 0. The monoisotopic (exact) mass is 533 g/mol. The van der Waals surface area contributed by atoms with Crippen molar-refractivity contribution in [3.63, 3.8) is 0 Å². The van der Waals surface area contributed by atoms with Crippen molar-refractivity contribution in [3.8, 4) is 17.2 Å². The number of nitro groups is 1. The molecule has 0 aromatic heterocycles. The predicted octanol–water partition coefficient (Wildman–Crippen LogP) is 7.73. The predicted molar refractivity (Wildman–Crippen MR) is 149 cm³/mol. The Hall–Kier alpha value is -4.20. The van der Waals surface area contributed by atoms with Crippen molar-refractivity contribution in [2.45, 2.75) is 65.2 Å². The number of hydrogen-bond acceptors (Lipinski definition) is 7. The Morgan fingerprint density at radius 3 is 1.82 bits per heavy atom. The fraction of sp³-hybridized carbons (Fsp3) is 0.355. The second-order valence-electron chi connectivity index (χ2n) is 9.24. The number of ether oxygens (including phenoxy) is 3. The number of nitro benzene ring substituents is 1. The van der Waals surface area contributed by atoms with Gasteiger partial charge in [0.2, 0.25) is 0 Å². The molecule has 0 saturated carbocycles. The van der Waals surface area contributed by atoms with Crippen LogP contribution in [0.25, 0.3) is 0 Å². The van der Waals surface area contributed by atoms with E-state index in [0.717, 1.165) is 19.3 Å². The molecule has 206 valence electrons. The second kappa shape index (κ2) is 15.3. The Kier molecular flexibility index (Phi) is 11.5. The van der Waals surface area contributed by atoms with Crippen LogP contribution in [0.4, 0.5) is 5.69 Å². The van der Waals surface area contributed by atoms with Gasteiger partial charge in [-0.05, 0) is 67.4 Å². The summed E-state index contributed by atoms with van der Waals surface area (Å²) in [5, 5.41) is 11.4. The number of esters is 2. The molecule has 0 spiro atoms. The van der Waals surface area contributed by atoms with E-state index in [1.54, 1.807) is 30.3 Å². The van der Waals surface area contributed by atoms with Crippen LogP contribution in [0.15, 0.2) is 66.7 Å². The van der Waals surface area contributed by atoms with Crippen LogP contribution in [0.3, 0.4) is 0 Å². The zero-order chi connectivity index (χ0) is 28.0. The van der Waals surface area contributed by atoms with Crippen molar-refractivity contribution in [3.05, 3.63) is 93.5 Å². The first-order chi connectivity index (χ1) is 18.9. The zero-order valence-electron chi connectivity index (χ0n) is 22.5. The van der Waals surface area contributed by atoms with Gasteiger partial charge in [-0.15, -0.1) is 0 Å². The number of carbonyl (C=O) groups excluding carboxylic acids is 2. The van der Waals surface area contributed by atoms with Crippen LogP contribution in [0.2, 0.25) is 0 Å². The van der Waals surface area contributed by atoms with Gasteiger partial charge in [-0.25, -0.2) is 9.59 Å². The first kappa shape index (κ1) is 29.4. The lowest BCUT2D eigenvalue weighted by Crippen LogP contribution is -2.10. The van der Waals surface area contributed by atoms with Crippen LogP contribution < -0.4 is 14.2 Å². The van der Waals surface area contributed by atoms with Crippen LogP contribution in [-0.2, 0) is 6.42 Å². The molecular formula is C31H35NO7. The quantitative estimate of drug-likeness (QED) is 0.0647. The molecule has 3 aromatic rings. The lowest BCUT2D eigenvalue weighted by atomic mass is 10.1. The molecule has 39 heavy (non-hydrogen) atoms. The van der Waals surface area contributed by atoms with Crippen molar-refractivity contribution in [2.24, 2.45) is 0 Å². The molecule has 8 nitrogen and oxygen atoms in total. The summed E-state index contributed by atoms with van der Waals surface area (Å²) in [7, 11) is 0. The van der Waals surface area contributed by atoms with Gasteiger partial charge >= 0.3 is 11.9 Å². The molecule has 0 aliphatic carbocycles. The second-order valence-corrected chi connectivity index (χ2v) is 9.24. The number of unbranched alkanes of at least 4 members (excludes halogenated alkanes) is 5. The van der Waals surface area contributed by atoms with Gasteiger partial charge in [0.15, 0.2) is 0 Å².